The molecule has 1 heterocycles. The van der Waals surface area contributed by atoms with Crippen molar-refractivity contribution in [3.63, 3.8) is 0 Å². The molecule has 1 fully saturated rings. The third-order valence-corrected chi connectivity index (χ3v) is 3.88. The van der Waals surface area contributed by atoms with Gasteiger partial charge in [0.1, 0.15) is 17.7 Å². The molecule has 1 aromatic carbocycles. The Morgan fingerprint density at radius 2 is 2.10 bits per heavy atom. The molecule has 2 rings (SSSR count). The fraction of sp³-hybridized carbons (Fsp3) is 0.625. The van der Waals surface area contributed by atoms with Crippen LogP contribution in [0.25, 0.3) is 0 Å². The van der Waals surface area contributed by atoms with Gasteiger partial charge >= 0.3 is 0 Å². The highest BCUT2D eigenvalue weighted by molar-refractivity contribution is 5.36. The Labute approximate surface area is 120 Å². The normalized spacial score (nSPS) is 24.2. The van der Waals surface area contributed by atoms with E-state index in [4.69, 9.17) is 9.47 Å². The second-order valence-corrected chi connectivity index (χ2v) is 6.33. The van der Waals surface area contributed by atoms with Crippen LogP contribution in [0.2, 0.25) is 0 Å². The summed E-state index contributed by atoms with van der Waals surface area (Å²) in [6.45, 7) is 7.83. The van der Waals surface area contributed by atoms with Crippen molar-refractivity contribution in [3.05, 3.63) is 29.6 Å². The van der Waals surface area contributed by atoms with Gasteiger partial charge in [-0.15, -0.1) is 0 Å². The molecule has 1 aliphatic rings. The van der Waals surface area contributed by atoms with Crippen molar-refractivity contribution in [2.45, 2.75) is 39.3 Å². The first kappa shape index (κ1) is 15.3. The number of halogens is 1. The van der Waals surface area contributed by atoms with Crippen LogP contribution >= 0.6 is 0 Å². The molecule has 112 valence electrons. The van der Waals surface area contributed by atoms with Crippen molar-refractivity contribution in [1.82, 2.24) is 5.32 Å². The van der Waals surface area contributed by atoms with Gasteiger partial charge in [-0.05, 0) is 24.0 Å². The number of benzene rings is 1. The first-order valence-corrected chi connectivity index (χ1v) is 7.11. The van der Waals surface area contributed by atoms with Gasteiger partial charge in [0.15, 0.2) is 0 Å². The molecular formula is C16H24FNO2. The van der Waals surface area contributed by atoms with Crippen molar-refractivity contribution in [1.29, 1.82) is 0 Å². The van der Waals surface area contributed by atoms with E-state index < -0.39 is 0 Å². The molecule has 4 heteroatoms. The van der Waals surface area contributed by atoms with Crippen molar-refractivity contribution in [2.24, 2.45) is 5.41 Å². The molecule has 0 saturated carbocycles. The maximum atomic E-state index is 14.1. The summed E-state index contributed by atoms with van der Waals surface area (Å²) in [6.07, 6.45) is 0.620. The summed E-state index contributed by atoms with van der Waals surface area (Å²) in [5.41, 5.74) is 0.675. The minimum atomic E-state index is -0.307. The van der Waals surface area contributed by atoms with Crippen LogP contribution in [0.5, 0.6) is 5.75 Å². The van der Waals surface area contributed by atoms with Gasteiger partial charge in [0, 0.05) is 19.2 Å². The zero-order valence-electron chi connectivity index (χ0n) is 12.7. The minimum absolute atomic E-state index is 0.164. The van der Waals surface area contributed by atoms with Crippen LogP contribution in [0.3, 0.4) is 0 Å². The average molecular weight is 281 g/mol. The zero-order valence-corrected chi connectivity index (χ0v) is 12.7. The summed E-state index contributed by atoms with van der Waals surface area (Å²) in [6, 6.07) is 5.24. The molecule has 0 radical (unpaired) electrons. The third kappa shape index (κ3) is 3.30. The van der Waals surface area contributed by atoms with E-state index in [2.05, 4.69) is 26.1 Å². The summed E-state index contributed by atoms with van der Waals surface area (Å²) in [5.74, 6) is 0.274. The summed E-state index contributed by atoms with van der Waals surface area (Å²) < 4.78 is 25.2. The van der Waals surface area contributed by atoms with Crippen LogP contribution in [-0.4, -0.2) is 26.3 Å². The Morgan fingerprint density at radius 3 is 2.75 bits per heavy atom. The van der Waals surface area contributed by atoms with Crippen molar-refractivity contribution < 1.29 is 13.9 Å². The van der Waals surface area contributed by atoms with Crippen LogP contribution in [0.1, 0.15) is 38.9 Å². The number of ether oxygens (including phenoxy) is 2. The molecular weight excluding hydrogens is 257 g/mol. The van der Waals surface area contributed by atoms with Gasteiger partial charge in [-0.3, -0.25) is 0 Å². The Kier molecular flexibility index (Phi) is 4.66. The highest BCUT2D eigenvalue weighted by Gasteiger charge is 2.30. The van der Waals surface area contributed by atoms with Gasteiger partial charge in [0.2, 0.25) is 0 Å². The van der Waals surface area contributed by atoms with Crippen LogP contribution in [-0.2, 0) is 4.74 Å². The largest absolute Gasteiger partial charge is 0.496 e. The fourth-order valence-electron chi connectivity index (χ4n) is 2.67. The molecule has 1 aromatic rings. The van der Waals surface area contributed by atoms with Gasteiger partial charge in [-0.25, -0.2) is 4.39 Å². The number of methoxy groups -OCH3 is 1. The van der Waals surface area contributed by atoms with Gasteiger partial charge < -0.3 is 14.8 Å². The molecule has 0 spiro atoms. The molecule has 2 unspecified atom stereocenters. The number of hydrogen-bond acceptors (Lipinski definition) is 3. The Balaban J connectivity index is 2.19. The molecule has 0 aliphatic carbocycles. The molecule has 2 atom stereocenters. The second-order valence-electron chi connectivity index (χ2n) is 6.33. The molecule has 1 aliphatic heterocycles. The van der Waals surface area contributed by atoms with Crippen molar-refractivity contribution in [3.8, 4) is 5.75 Å². The van der Waals surface area contributed by atoms with E-state index >= 15 is 0 Å². The molecule has 0 aromatic heterocycles. The van der Waals surface area contributed by atoms with Crippen LogP contribution in [0, 0.1) is 11.2 Å². The standard InChI is InChI=1S/C16H24FNO2/c1-16(2,3)14-8-9-20-13(10-18-14)15-11(17)6-5-7-12(15)19-4/h5-7,13-14,18H,8-10H2,1-4H3. The van der Waals surface area contributed by atoms with E-state index in [0.29, 0.717) is 30.5 Å². The smallest absolute Gasteiger partial charge is 0.132 e. The summed E-state index contributed by atoms with van der Waals surface area (Å²) in [7, 11) is 1.56. The van der Waals surface area contributed by atoms with Crippen LogP contribution in [0.4, 0.5) is 4.39 Å². The minimum Gasteiger partial charge on any atom is -0.496 e. The fourth-order valence-corrected chi connectivity index (χ4v) is 2.67. The van der Waals surface area contributed by atoms with Gasteiger partial charge in [0.05, 0.1) is 12.7 Å². The molecule has 0 amide bonds. The SMILES string of the molecule is COc1cccc(F)c1C1CNC(C(C)(C)C)CCO1. The zero-order chi connectivity index (χ0) is 14.8. The van der Waals surface area contributed by atoms with Gasteiger partial charge in [-0.2, -0.15) is 0 Å². The first-order valence-electron chi connectivity index (χ1n) is 7.11. The molecule has 20 heavy (non-hydrogen) atoms. The van der Waals surface area contributed by atoms with Gasteiger partial charge in [0.25, 0.3) is 0 Å². The third-order valence-electron chi connectivity index (χ3n) is 3.88. The first-order chi connectivity index (χ1) is 9.43. The van der Waals surface area contributed by atoms with E-state index in [-0.39, 0.29) is 17.3 Å². The monoisotopic (exact) mass is 281 g/mol. The van der Waals surface area contributed by atoms with E-state index in [1.54, 1.807) is 19.2 Å². The lowest BCUT2D eigenvalue weighted by Crippen LogP contribution is -2.40. The quantitative estimate of drug-likeness (QED) is 0.902. The van der Waals surface area contributed by atoms with Crippen molar-refractivity contribution in [2.75, 3.05) is 20.3 Å². The molecule has 1 N–H and O–H groups in total. The number of hydrogen-bond donors (Lipinski definition) is 1. The average Bonchev–Trinajstić information content (AvgIpc) is 2.63. The summed E-state index contributed by atoms with van der Waals surface area (Å²) in [5, 5.41) is 3.50. The lowest BCUT2D eigenvalue weighted by Gasteiger charge is -2.30. The van der Waals surface area contributed by atoms with E-state index in [0.717, 1.165) is 6.42 Å². The Bertz CT molecular complexity index is 456. The molecule has 1 saturated heterocycles. The second kappa shape index (κ2) is 6.10. The highest BCUT2D eigenvalue weighted by atomic mass is 19.1. The molecule has 0 bridgehead atoms. The lowest BCUT2D eigenvalue weighted by molar-refractivity contribution is 0.0610. The summed E-state index contributed by atoms with van der Waals surface area (Å²) in [4.78, 5) is 0. The summed E-state index contributed by atoms with van der Waals surface area (Å²) >= 11 is 0. The Hall–Kier alpha value is -1.13. The van der Waals surface area contributed by atoms with Gasteiger partial charge in [-0.1, -0.05) is 26.8 Å². The molecule has 3 nitrogen and oxygen atoms in total. The number of rotatable bonds is 2. The maximum Gasteiger partial charge on any atom is 0.132 e. The van der Waals surface area contributed by atoms with E-state index in [1.807, 2.05) is 0 Å². The Morgan fingerprint density at radius 1 is 1.35 bits per heavy atom. The lowest BCUT2D eigenvalue weighted by atomic mass is 9.85. The topological polar surface area (TPSA) is 30.5 Å². The van der Waals surface area contributed by atoms with Crippen LogP contribution in [0.15, 0.2) is 18.2 Å². The number of nitrogens with one attached hydrogen (secondary N) is 1. The predicted octanol–water partition coefficient (Wildman–Crippen LogP) is 3.30. The van der Waals surface area contributed by atoms with E-state index in [1.165, 1.54) is 6.07 Å². The van der Waals surface area contributed by atoms with E-state index in [9.17, 15) is 4.39 Å². The highest BCUT2D eigenvalue weighted by Crippen LogP contribution is 2.33. The van der Waals surface area contributed by atoms with Crippen LogP contribution < -0.4 is 10.1 Å². The predicted molar refractivity (Wildman–Crippen MR) is 77.5 cm³/mol. The maximum absolute atomic E-state index is 14.1. The van der Waals surface area contributed by atoms with Crippen molar-refractivity contribution >= 4 is 0 Å².